The summed E-state index contributed by atoms with van der Waals surface area (Å²) in [7, 11) is -10.1. The summed E-state index contributed by atoms with van der Waals surface area (Å²) in [6.45, 7) is 0.118. The molecule has 1 amide bonds. The highest BCUT2D eigenvalue weighted by Gasteiger charge is 2.49. The van der Waals surface area contributed by atoms with Crippen molar-refractivity contribution in [2.24, 2.45) is 0 Å². The molecular weight excluding hydrogens is 528 g/mol. The molecule has 198 valence electrons. The minimum atomic E-state index is -5.21. The molecule has 2 aromatic rings. The predicted octanol–water partition coefficient (Wildman–Crippen LogP) is 0.683. The van der Waals surface area contributed by atoms with Crippen LogP contribution in [0.25, 0.3) is 0 Å². The van der Waals surface area contributed by atoms with Gasteiger partial charge in [0.05, 0.1) is 13.2 Å². The van der Waals surface area contributed by atoms with Crippen molar-refractivity contribution in [1.82, 2.24) is 9.55 Å². The molecule has 1 saturated heterocycles. The molecule has 3 unspecified atom stereocenters. The number of para-hydroxylation sites is 1. The van der Waals surface area contributed by atoms with E-state index in [1.165, 1.54) is 6.92 Å². The number of H-pyrrole nitrogens is 1. The van der Waals surface area contributed by atoms with Crippen LogP contribution < -0.4 is 16.6 Å². The summed E-state index contributed by atoms with van der Waals surface area (Å²) in [5, 5.41) is 13.2. The van der Waals surface area contributed by atoms with Crippen molar-refractivity contribution in [1.29, 1.82) is 0 Å². The van der Waals surface area contributed by atoms with Crippen LogP contribution >= 0.6 is 15.6 Å². The molecule has 6 atom stereocenters. The van der Waals surface area contributed by atoms with Gasteiger partial charge in [0.25, 0.3) is 5.56 Å². The third kappa shape index (κ3) is 7.43. The van der Waals surface area contributed by atoms with Crippen molar-refractivity contribution in [2.45, 2.75) is 31.5 Å². The summed E-state index contributed by atoms with van der Waals surface area (Å²) >= 11 is 0. The van der Waals surface area contributed by atoms with Crippen LogP contribution in [0.2, 0.25) is 0 Å². The van der Waals surface area contributed by atoms with E-state index < -0.39 is 64.1 Å². The van der Waals surface area contributed by atoms with Crippen LogP contribution in [-0.4, -0.2) is 62.1 Å². The largest absolute Gasteiger partial charge is 0.481 e. The van der Waals surface area contributed by atoms with Gasteiger partial charge in [0.1, 0.15) is 12.2 Å². The van der Waals surface area contributed by atoms with E-state index in [4.69, 9.17) is 14.0 Å². The normalized spacial score (nSPS) is 25.0. The second-order valence-corrected chi connectivity index (χ2v) is 10.2. The van der Waals surface area contributed by atoms with Gasteiger partial charge in [-0.2, -0.15) is 4.31 Å². The average Bonchev–Trinajstić information content (AvgIpc) is 3.07. The number of nitrogens with one attached hydrogen (secondary N) is 2. The lowest BCUT2D eigenvalue weighted by Gasteiger charge is -2.22. The number of hydrogen-bond donors (Lipinski definition) is 5. The monoisotopic (exact) mass is 551 g/mol. The molecule has 0 aliphatic carbocycles. The molecule has 18 heteroatoms. The van der Waals surface area contributed by atoms with Gasteiger partial charge >= 0.3 is 27.4 Å². The van der Waals surface area contributed by atoms with E-state index in [9.17, 15) is 38.4 Å². The number of aliphatic hydroxyl groups is 1. The fourth-order valence-corrected chi connectivity index (χ4v) is 5.24. The number of carbonyl (C=O) groups is 1. The van der Waals surface area contributed by atoms with Crippen LogP contribution in [0.3, 0.4) is 0 Å². The summed E-state index contributed by atoms with van der Waals surface area (Å²) in [6, 6.07) is 9.06. The Morgan fingerprint density at radius 2 is 1.81 bits per heavy atom. The minimum absolute atomic E-state index is 0.312. The quantitative estimate of drug-likeness (QED) is 0.257. The van der Waals surface area contributed by atoms with E-state index in [0.717, 1.165) is 16.8 Å². The maximum Gasteiger partial charge on any atom is 0.481 e. The highest BCUT2D eigenvalue weighted by molar-refractivity contribution is 7.61. The molecule has 2 heterocycles. The first-order valence-corrected chi connectivity index (χ1v) is 13.2. The third-order valence-electron chi connectivity index (χ3n) is 4.60. The van der Waals surface area contributed by atoms with E-state index >= 15 is 0 Å². The van der Waals surface area contributed by atoms with E-state index in [0.29, 0.717) is 5.69 Å². The van der Waals surface area contributed by atoms with Gasteiger partial charge in [-0.15, -0.1) is 0 Å². The Kier molecular flexibility index (Phi) is 9.00. The van der Waals surface area contributed by atoms with Crippen LogP contribution in [0, 0.1) is 0 Å². The summed E-state index contributed by atoms with van der Waals surface area (Å²) < 4.78 is 48.5. The molecule has 36 heavy (non-hydrogen) atoms. The Bertz CT molecular complexity index is 1270. The van der Waals surface area contributed by atoms with Gasteiger partial charge in [-0.25, -0.2) is 18.7 Å². The van der Waals surface area contributed by atoms with Gasteiger partial charge in [0.2, 0.25) is 0 Å². The lowest BCUT2D eigenvalue weighted by atomic mass is 10.1. The maximum absolute atomic E-state index is 12.4. The van der Waals surface area contributed by atoms with E-state index in [1.807, 2.05) is 4.98 Å². The van der Waals surface area contributed by atoms with E-state index in [1.54, 1.807) is 30.3 Å². The molecule has 0 bridgehead atoms. The molecule has 1 aromatic heterocycles. The second kappa shape index (κ2) is 11.6. The predicted molar refractivity (Wildman–Crippen MR) is 120 cm³/mol. The number of ether oxygens (including phenoxy) is 2. The number of aliphatic hydroxyl groups excluding tert-OH is 1. The van der Waals surface area contributed by atoms with Crippen molar-refractivity contribution < 1.29 is 51.6 Å². The number of phosphoric acid groups is 2. The van der Waals surface area contributed by atoms with E-state index in [-0.39, 0.29) is 6.61 Å². The molecule has 3 rings (SSSR count). The van der Waals surface area contributed by atoms with Gasteiger partial charge in [0.15, 0.2) is 12.3 Å². The molecule has 1 aliphatic heterocycles. The zero-order valence-electron chi connectivity index (χ0n) is 18.5. The number of aromatic nitrogens is 2. The SMILES string of the molecule is CCOP(=O)(O)OP(=O)(O)OC[C@H]1O[C@@H](n2ccc(=O)[nH]c2=O)C(O)[C@H]1OC(=O)Nc1ccccc1. The molecule has 1 aliphatic rings. The average molecular weight is 551 g/mol. The number of rotatable bonds is 10. The fourth-order valence-electron chi connectivity index (χ4n) is 3.16. The number of hydrogen-bond acceptors (Lipinski definition) is 11. The third-order valence-corrected chi connectivity index (χ3v) is 7.31. The van der Waals surface area contributed by atoms with Crippen LogP contribution in [0.1, 0.15) is 13.2 Å². The first-order chi connectivity index (χ1) is 16.9. The van der Waals surface area contributed by atoms with Crippen LogP contribution in [-0.2, 0) is 32.0 Å². The van der Waals surface area contributed by atoms with Crippen LogP contribution in [0.4, 0.5) is 10.5 Å². The zero-order valence-corrected chi connectivity index (χ0v) is 20.3. The Labute approximate surface area is 202 Å². The summed E-state index contributed by atoms with van der Waals surface area (Å²) in [5.41, 5.74) is -1.34. The first-order valence-electron chi connectivity index (χ1n) is 10.2. The number of carbonyl (C=O) groups excluding carboxylic acids is 1. The van der Waals surface area contributed by atoms with Gasteiger partial charge in [-0.1, -0.05) is 18.2 Å². The Hall–Kier alpha value is -2.65. The minimum Gasteiger partial charge on any atom is -0.440 e. The highest BCUT2D eigenvalue weighted by atomic mass is 31.3. The van der Waals surface area contributed by atoms with Crippen molar-refractivity contribution in [3.05, 3.63) is 63.4 Å². The number of nitrogens with zero attached hydrogens (tertiary/aromatic N) is 1. The van der Waals surface area contributed by atoms with Crippen LogP contribution in [0.5, 0.6) is 0 Å². The fraction of sp³-hybridized carbons (Fsp3) is 0.389. The Morgan fingerprint density at radius 3 is 2.44 bits per heavy atom. The molecule has 1 aromatic carbocycles. The second-order valence-electron chi connectivity index (χ2n) is 7.17. The Balaban J connectivity index is 1.79. The molecular formula is C18H23N3O13P2. The van der Waals surface area contributed by atoms with Crippen molar-refractivity contribution in [2.75, 3.05) is 18.5 Å². The topological polar surface area (TPSA) is 225 Å². The zero-order chi connectivity index (χ0) is 26.5. The maximum atomic E-state index is 12.4. The number of phosphoric ester groups is 2. The summed E-state index contributed by atoms with van der Waals surface area (Å²) in [5.74, 6) is 0. The molecule has 0 spiro atoms. The van der Waals surface area contributed by atoms with Gasteiger partial charge in [-0.3, -0.25) is 28.7 Å². The first kappa shape index (κ1) is 27.9. The number of anilines is 1. The number of amides is 1. The standard InChI is InChI=1S/C18H23N3O13P2/c1-2-30-35(26,27)34-36(28,29)31-10-12-15(33-18(25)19-11-6-4-3-5-7-11)14(23)16(32-12)21-9-8-13(22)20-17(21)24/h3-9,12,14-16,23H,2,10H2,1H3,(H,19,25)(H,26,27)(H,28,29)(H,20,22,24)/t12-,14?,15+,16-/m1/s1. The number of aromatic amines is 1. The van der Waals surface area contributed by atoms with Crippen LogP contribution in [0.15, 0.2) is 52.2 Å². The molecule has 16 nitrogen and oxygen atoms in total. The smallest absolute Gasteiger partial charge is 0.440 e. The summed E-state index contributed by atoms with van der Waals surface area (Å²) in [6.07, 6.45) is -6.35. The molecule has 0 radical (unpaired) electrons. The number of benzene rings is 1. The van der Waals surface area contributed by atoms with Gasteiger partial charge in [0, 0.05) is 18.0 Å². The van der Waals surface area contributed by atoms with E-state index in [2.05, 4.69) is 14.2 Å². The highest BCUT2D eigenvalue weighted by Crippen LogP contribution is 2.60. The lowest BCUT2D eigenvalue weighted by Crippen LogP contribution is -2.40. The Morgan fingerprint density at radius 1 is 1.14 bits per heavy atom. The van der Waals surface area contributed by atoms with Crippen molar-refractivity contribution in [3.8, 4) is 0 Å². The van der Waals surface area contributed by atoms with Gasteiger partial charge < -0.3 is 24.4 Å². The molecule has 5 N–H and O–H groups in total. The summed E-state index contributed by atoms with van der Waals surface area (Å²) in [4.78, 5) is 57.1. The van der Waals surface area contributed by atoms with Crippen molar-refractivity contribution in [3.63, 3.8) is 0 Å². The van der Waals surface area contributed by atoms with Gasteiger partial charge in [-0.05, 0) is 19.1 Å². The lowest BCUT2D eigenvalue weighted by molar-refractivity contribution is -0.0544. The van der Waals surface area contributed by atoms with Crippen molar-refractivity contribution >= 4 is 27.4 Å². The molecule has 1 fully saturated rings. The molecule has 0 saturated carbocycles.